The van der Waals surface area contributed by atoms with Crippen LogP contribution in [0.4, 0.5) is 0 Å². The van der Waals surface area contributed by atoms with Gasteiger partial charge in [-0.05, 0) is 26.1 Å². The number of hydrogen-bond donors (Lipinski definition) is 0. The van der Waals surface area contributed by atoms with Crippen LogP contribution < -0.4 is 9.47 Å². The lowest BCUT2D eigenvalue weighted by Gasteiger charge is -2.31. The summed E-state index contributed by atoms with van der Waals surface area (Å²) in [5, 5.41) is 0. The molecule has 0 bridgehead atoms. The molecule has 0 radical (unpaired) electrons. The summed E-state index contributed by atoms with van der Waals surface area (Å²) < 4.78 is 11.3. The highest BCUT2D eigenvalue weighted by atomic mass is 35.5. The zero-order valence-corrected chi connectivity index (χ0v) is 14.3. The fourth-order valence-electron chi connectivity index (χ4n) is 2.30. The van der Waals surface area contributed by atoms with Gasteiger partial charge in [-0.2, -0.15) is 0 Å². The summed E-state index contributed by atoms with van der Waals surface area (Å²) >= 11 is 0. The van der Waals surface area contributed by atoms with E-state index in [1.165, 1.54) is 0 Å². The van der Waals surface area contributed by atoms with E-state index in [1.807, 2.05) is 31.2 Å². The number of benzene rings is 1. The average Bonchev–Trinajstić information content (AvgIpc) is 2.51. The summed E-state index contributed by atoms with van der Waals surface area (Å²) in [5.74, 6) is 1.62. The lowest BCUT2D eigenvalue weighted by atomic mass is 10.3. The molecule has 124 valence electrons. The Bertz CT molecular complexity index is 446. The molecule has 0 unspecified atom stereocenters. The molecule has 1 fully saturated rings. The largest absolute Gasteiger partial charge is 0.490 e. The summed E-state index contributed by atoms with van der Waals surface area (Å²) in [6.45, 7) is 8.83. The Balaban J connectivity index is 0.00000242. The summed E-state index contributed by atoms with van der Waals surface area (Å²) in [7, 11) is 2.18. The first-order valence-corrected chi connectivity index (χ1v) is 7.70. The predicted octanol–water partition coefficient (Wildman–Crippen LogP) is 2.69. The van der Waals surface area contributed by atoms with Gasteiger partial charge in [-0.15, -0.1) is 12.4 Å². The van der Waals surface area contributed by atoms with Crippen LogP contribution in [0.3, 0.4) is 0 Å². The lowest BCUT2D eigenvalue weighted by molar-refractivity contribution is 0.166. The smallest absolute Gasteiger partial charge is 0.161 e. The number of rotatable bonds is 7. The van der Waals surface area contributed by atoms with Gasteiger partial charge in [-0.1, -0.05) is 24.3 Å². The van der Waals surface area contributed by atoms with Crippen molar-refractivity contribution in [3.8, 4) is 11.5 Å². The van der Waals surface area contributed by atoms with E-state index in [1.54, 1.807) is 0 Å². The van der Waals surface area contributed by atoms with Gasteiger partial charge in [0.1, 0.15) is 6.61 Å². The Morgan fingerprint density at radius 1 is 1.00 bits per heavy atom. The Morgan fingerprint density at radius 2 is 1.64 bits per heavy atom. The van der Waals surface area contributed by atoms with Gasteiger partial charge in [0.05, 0.1) is 6.61 Å². The number of piperazine rings is 1. The van der Waals surface area contributed by atoms with Crippen molar-refractivity contribution in [2.24, 2.45) is 0 Å². The number of ether oxygens (including phenoxy) is 2. The molecule has 1 aromatic rings. The molecule has 0 atom stereocenters. The first kappa shape index (κ1) is 18.8. The number of nitrogens with zero attached hydrogens (tertiary/aromatic N) is 2. The van der Waals surface area contributed by atoms with E-state index < -0.39 is 0 Å². The molecule has 0 saturated carbocycles. The molecule has 0 aliphatic carbocycles. The van der Waals surface area contributed by atoms with Gasteiger partial charge in [-0.3, -0.25) is 4.90 Å². The van der Waals surface area contributed by atoms with Gasteiger partial charge in [0, 0.05) is 32.7 Å². The Morgan fingerprint density at radius 3 is 2.27 bits per heavy atom. The highest BCUT2D eigenvalue weighted by molar-refractivity contribution is 5.85. The van der Waals surface area contributed by atoms with Crippen molar-refractivity contribution in [1.29, 1.82) is 0 Å². The molecule has 1 aliphatic heterocycles. The number of para-hydroxylation sites is 2. The van der Waals surface area contributed by atoms with Crippen LogP contribution >= 0.6 is 12.4 Å². The van der Waals surface area contributed by atoms with Crippen LogP contribution in [0.1, 0.15) is 6.92 Å². The topological polar surface area (TPSA) is 24.9 Å². The van der Waals surface area contributed by atoms with Crippen LogP contribution in [0.25, 0.3) is 0 Å². The van der Waals surface area contributed by atoms with Crippen LogP contribution in [-0.2, 0) is 0 Å². The quantitative estimate of drug-likeness (QED) is 0.719. The maximum atomic E-state index is 5.76. The first-order valence-electron chi connectivity index (χ1n) is 7.70. The maximum absolute atomic E-state index is 5.76. The van der Waals surface area contributed by atoms with E-state index in [-0.39, 0.29) is 12.4 Å². The van der Waals surface area contributed by atoms with E-state index in [0.29, 0.717) is 13.2 Å². The monoisotopic (exact) mass is 326 g/mol. The molecular weight excluding hydrogens is 300 g/mol. The van der Waals surface area contributed by atoms with Gasteiger partial charge >= 0.3 is 0 Å². The van der Waals surface area contributed by atoms with Crippen molar-refractivity contribution in [3.05, 3.63) is 36.4 Å². The number of likely N-dealkylation sites (N-methyl/N-ethyl adjacent to an activating group) is 1. The minimum absolute atomic E-state index is 0. The van der Waals surface area contributed by atoms with Crippen molar-refractivity contribution < 1.29 is 9.47 Å². The molecule has 1 saturated heterocycles. The Labute approximate surface area is 140 Å². The van der Waals surface area contributed by atoms with Gasteiger partial charge in [0.2, 0.25) is 0 Å². The molecule has 1 aromatic carbocycles. The normalized spacial score (nSPS) is 16.5. The third-order valence-electron chi connectivity index (χ3n) is 3.61. The number of halogens is 1. The molecule has 0 N–H and O–H groups in total. The van der Waals surface area contributed by atoms with E-state index >= 15 is 0 Å². The minimum Gasteiger partial charge on any atom is -0.490 e. The molecule has 2 rings (SSSR count). The minimum atomic E-state index is 0. The molecule has 5 heteroatoms. The third kappa shape index (κ3) is 6.26. The van der Waals surface area contributed by atoms with Crippen LogP contribution in [0.5, 0.6) is 11.5 Å². The van der Waals surface area contributed by atoms with E-state index in [4.69, 9.17) is 9.47 Å². The predicted molar refractivity (Wildman–Crippen MR) is 93.4 cm³/mol. The molecule has 0 amide bonds. The van der Waals surface area contributed by atoms with E-state index in [9.17, 15) is 0 Å². The second kappa shape index (κ2) is 10.5. The first-order chi connectivity index (χ1) is 10.3. The summed E-state index contributed by atoms with van der Waals surface area (Å²) in [6.07, 6.45) is 4.27. The molecular formula is C17H27ClN2O2. The second-order valence-electron chi connectivity index (χ2n) is 5.27. The molecule has 1 aliphatic rings. The zero-order valence-electron chi connectivity index (χ0n) is 13.5. The standard InChI is InChI=1S/C17H26N2O2.ClH/c1-3-20-16-8-4-5-9-17(16)21-15-7-6-10-19-13-11-18(2)12-14-19;/h4-9H,3,10-15H2,1-2H3;1H/b7-6+;. The van der Waals surface area contributed by atoms with Crippen LogP contribution in [-0.4, -0.2) is 62.8 Å². The summed E-state index contributed by atoms with van der Waals surface area (Å²) in [4.78, 5) is 4.83. The molecule has 0 aromatic heterocycles. The summed E-state index contributed by atoms with van der Waals surface area (Å²) in [5.41, 5.74) is 0. The van der Waals surface area contributed by atoms with Crippen molar-refractivity contribution in [3.63, 3.8) is 0 Å². The van der Waals surface area contributed by atoms with E-state index in [2.05, 4.69) is 29.0 Å². The highest BCUT2D eigenvalue weighted by Crippen LogP contribution is 2.26. The average molecular weight is 327 g/mol. The van der Waals surface area contributed by atoms with Gasteiger partial charge in [0.25, 0.3) is 0 Å². The van der Waals surface area contributed by atoms with Crippen molar-refractivity contribution in [2.75, 3.05) is 53.0 Å². The molecule has 0 spiro atoms. The van der Waals surface area contributed by atoms with Gasteiger partial charge < -0.3 is 14.4 Å². The van der Waals surface area contributed by atoms with Crippen LogP contribution in [0.2, 0.25) is 0 Å². The van der Waals surface area contributed by atoms with Gasteiger partial charge in [-0.25, -0.2) is 0 Å². The fraction of sp³-hybridized carbons (Fsp3) is 0.529. The second-order valence-corrected chi connectivity index (χ2v) is 5.27. The maximum Gasteiger partial charge on any atom is 0.161 e. The third-order valence-corrected chi connectivity index (χ3v) is 3.61. The van der Waals surface area contributed by atoms with Gasteiger partial charge in [0.15, 0.2) is 11.5 Å². The molecule has 22 heavy (non-hydrogen) atoms. The Hall–Kier alpha value is -1.23. The summed E-state index contributed by atoms with van der Waals surface area (Å²) in [6, 6.07) is 7.80. The van der Waals surface area contributed by atoms with Crippen LogP contribution in [0, 0.1) is 0 Å². The van der Waals surface area contributed by atoms with Crippen molar-refractivity contribution in [2.45, 2.75) is 6.92 Å². The molecule has 1 heterocycles. The Kier molecular flexibility index (Phi) is 8.97. The number of hydrogen-bond acceptors (Lipinski definition) is 4. The SMILES string of the molecule is CCOc1ccccc1OC/C=C/CN1CCN(C)CC1.Cl. The fourth-order valence-corrected chi connectivity index (χ4v) is 2.30. The van der Waals surface area contributed by atoms with E-state index in [0.717, 1.165) is 44.2 Å². The molecule has 4 nitrogen and oxygen atoms in total. The van der Waals surface area contributed by atoms with Crippen LogP contribution in [0.15, 0.2) is 36.4 Å². The van der Waals surface area contributed by atoms with Crippen molar-refractivity contribution in [1.82, 2.24) is 9.80 Å². The zero-order chi connectivity index (χ0) is 14.9. The van der Waals surface area contributed by atoms with Crippen molar-refractivity contribution >= 4 is 12.4 Å². The lowest BCUT2D eigenvalue weighted by Crippen LogP contribution is -2.44. The highest BCUT2D eigenvalue weighted by Gasteiger charge is 2.11.